The van der Waals surface area contributed by atoms with Crippen molar-refractivity contribution in [1.82, 2.24) is 19.7 Å². The smallest absolute Gasteiger partial charge is 0.281 e. The summed E-state index contributed by atoms with van der Waals surface area (Å²) in [7, 11) is 0. The largest absolute Gasteiger partial charge is 0.368 e. The van der Waals surface area contributed by atoms with Gasteiger partial charge in [-0.2, -0.15) is 0 Å². The lowest BCUT2D eigenvalue weighted by Crippen LogP contribution is -2.40. The van der Waals surface area contributed by atoms with Gasteiger partial charge >= 0.3 is 0 Å². The predicted molar refractivity (Wildman–Crippen MR) is 116 cm³/mol. The molecule has 3 aromatic heterocycles. The highest BCUT2D eigenvalue weighted by Gasteiger charge is 2.24. The number of fused-ring (bicyclic) bond motifs is 1. The maximum atomic E-state index is 13.0. The standard InChI is InChI=1S/C22H24F4N6O/c23-17(24)11-28-18-10-13(8-9-27-18)22(33)30-15-6-4-14(5-7-15)29-19-2-1-3-20-31-16(21(25)26)12-32(19)20/h1-3,8-10,12,14-15,17,21,29H,4-7,11H2,(H,27,28)(H,30,33). The number of hydrogen-bond donors (Lipinski definition) is 3. The summed E-state index contributed by atoms with van der Waals surface area (Å²) in [5, 5.41) is 8.88. The van der Waals surface area contributed by atoms with E-state index in [2.05, 4.69) is 25.9 Å². The van der Waals surface area contributed by atoms with E-state index in [0.29, 0.717) is 17.0 Å². The minimum absolute atomic E-state index is 0.0179. The van der Waals surface area contributed by atoms with E-state index in [-0.39, 0.29) is 29.5 Å². The van der Waals surface area contributed by atoms with Crippen LogP contribution in [0.3, 0.4) is 0 Å². The molecule has 3 N–H and O–H groups in total. The van der Waals surface area contributed by atoms with Crippen molar-refractivity contribution >= 4 is 23.2 Å². The molecule has 0 spiro atoms. The Bertz CT molecular complexity index is 1100. The van der Waals surface area contributed by atoms with E-state index in [1.807, 2.05) is 6.07 Å². The summed E-state index contributed by atoms with van der Waals surface area (Å²) in [5.41, 5.74) is 0.541. The Balaban J connectivity index is 1.31. The molecule has 0 atom stereocenters. The van der Waals surface area contributed by atoms with Crippen LogP contribution in [0.15, 0.2) is 42.7 Å². The molecule has 3 heterocycles. The highest BCUT2D eigenvalue weighted by molar-refractivity contribution is 5.95. The second-order valence-corrected chi connectivity index (χ2v) is 7.97. The highest BCUT2D eigenvalue weighted by Crippen LogP contribution is 2.25. The van der Waals surface area contributed by atoms with Crippen LogP contribution in [0.2, 0.25) is 0 Å². The Labute approximate surface area is 187 Å². The van der Waals surface area contributed by atoms with E-state index in [9.17, 15) is 22.4 Å². The lowest BCUT2D eigenvalue weighted by atomic mass is 9.91. The average Bonchev–Trinajstić information content (AvgIpc) is 3.25. The molecular weight excluding hydrogens is 440 g/mol. The summed E-state index contributed by atoms with van der Waals surface area (Å²) in [4.78, 5) is 20.5. The molecule has 0 bridgehead atoms. The van der Waals surface area contributed by atoms with Gasteiger partial charge in [-0.3, -0.25) is 9.20 Å². The van der Waals surface area contributed by atoms with Gasteiger partial charge < -0.3 is 16.0 Å². The molecule has 1 fully saturated rings. The van der Waals surface area contributed by atoms with E-state index in [1.54, 1.807) is 16.5 Å². The molecule has 176 valence electrons. The Kier molecular flexibility index (Phi) is 6.95. The lowest BCUT2D eigenvalue weighted by molar-refractivity contribution is 0.0926. The van der Waals surface area contributed by atoms with Gasteiger partial charge in [0.1, 0.15) is 23.0 Å². The van der Waals surface area contributed by atoms with E-state index in [4.69, 9.17) is 0 Å². The molecular formula is C22H24F4N6O. The van der Waals surface area contributed by atoms with Crippen molar-refractivity contribution in [2.45, 2.75) is 50.6 Å². The monoisotopic (exact) mass is 464 g/mol. The summed E-state index contributed by atoms with van der Waals surface area (Å²) < 4.78 is 52.3. The lowest BCUT2D eigenvalue weighted by Gasteiger charge is -2.30. The first kappa shape index (κ1) is 22.8. The van der Waals surface area contributed by atoms with Gasteiger partial charge in [-0.15, -0.1) is 0 Å². The molecule has 0 unspecified atom stereocenters. The van der Waals surface area contributed by atoms with Gasteiger partial charge in [-0.25, -0.2) is 27.5 Å². The normalized spacial score (nSPS) is 18.6. The van der Waals surface area contributed by atoms with Crippen molar-refractivity contribution < 1.29 is 22.4 Å². The molecule has 0 radical (unpaired) electrons. The minimum Gasteiger partial charge on any atom is -0.368 e. The first-order valence-corrected chi connectivity index (χ1v) is 10.7. The van der Waals surface area contributed by atoms with Crippen molar-refractivity contribution in [2.75, 3.05) is 17.2 Å². The number of amides is 1. The fourth-order valence-corrected chi connectivity index (χ4v) is 3.96. The number of rotatable bonds is 8. The van der Waals surface area contributed by atoms with Gasteiger partial charge in [-0.05, 0) is 49.9 Å². The zero-order valence-electron chi connectivity index (χ0n) is 17.6. The number of imidazole rings is 1. The number of nitrogens with one attached hydrogen (secondary N) is 3. The molecule has 1 aliphatic rings. The van der Waals surface area contributed by atoms with Crippen LogP contribution < -0.4 is 16.0 Å². The van der Waals surface area contributed by atoms with Crippen molar-refractivity contribution in [1.29, 1.82) is 0 Å². The first-order chi connectivity index (χ1) is 15.9. The molecule has 7 nitrogen and oxygen atoms in total. The Morgan fingerprint density at radius 2 is 1.85 bits per heavy atom. The molecule has 33 heavy (non-hydrogen) atoms. The van der Waals surface area contributed by atoms with Gasteiger partial charge in [0, 0.05) is 30.0 Å². The molecule has 0 aliphatic heterocycles. The number of carbonyl (C=O) groups is 1. The Hall–Kier alpha value is -3.37. The number of hydrogen-bond acceptors (Lipinski definition) is 5. The summed E-state index contributed by atoms with van der Waals surface area (Å²) in [6.45, 7) is -0.536. The molecule has 1 amide bonds. The Morgan fingerprint density at radius 1 is 1.09 bits per heavy atom. The summed E-state index contributed by atoms with van der Waals surface area (Å²) in [6.07, 6.45) is 0.659. The van der Waals surface area contributed by atoms with E-state index in [1.165, 1.54) is 24.5 Å². The van der Waals surface area contributed by atoms with Crippen molar-refractivity contribution in [3.63, 3.8) is 0 Å². The molecule has 1 saturated carbocycles. The number of halogens is 4. The van der Waals surface area contributed by atoms with Gasteiger partial charge in [0.15, 0.2) is 0 Å². The number of aromatic nitrogens is 3. The van der Waals surface area contributed by atoms with Crippen LogP contribution in [0, 0.1) is 0 Å². The quantitative estimate of drug-likeness (QED) is 0.428. The zero-order valence-corrected chi connectivity index (χ0v) is 17.6. The van der Waals surface area contributed by atoms with Crippen molar-refractivity contribution in [3.05, 3.63) is 54.0 Å². The first-order valence-electron chi connectivity index (χ1n) is 10.7. The van der Waals surface area contributed by atoms with E-state index in [0.717, 1.165) is 25.7 Å². The van der Waals surface area contributed by atoms with Crippen LogP contribution in [-0.2, 0) is 0 Å². The maximum absolute atomic E-state index is 13.0. The van der Waals surface area contributed by atoms with Crippen LogP contribution in [-0.4, -0.2) is 45.3 Å². The topological polar surface area (TPSA) is 83.4 Å². The van der Waals surface area contributed by atoms with E-state index < -0.39 is 19.4 Å². The fraction of sp³-hybridized carbons (Fsp3) is 0.409. The van der Waals surface area contributed by atoms with Crippen LogP contribution >= 0.6 is 0 Å². The van der Waals surface area contributed by atoms with Crippen LogP contribution in [0.5, 0.6) is 0 Å². The second kappa shape index (κ2) is 10.1. The molecule has 3 aromatic rings. The highest BCUT2D eigenvalue weighted by atomic mass is 19.3. The van der Waals surface area contributed by atoms with Crippen LogP contribution in [0.4, 0.5) is 29.2 Å². The summed E-state index contributed by atoms with van der Waals surface area (Å²) in [6, 6.07) is 8.37. The molecule has 11 heteroatoms. The van der Waals surface area contributed by atoms with Crippen molar-refractivity contribution in [2.24, 2.45) is 0 Å². The van der Waals surface area contributed by atoms with Gasteiger partial charge in [-0.1, -0.05) is 6.07 Å². The molecule has 0 saturated heterocycles. The summed E-state index contributed by atoms with van der Waals surface area (Å²) >= 11 is 0. The zero-order chi connectivity index (χ0) is 23.4. The van der Waals surface area contributed by atoms with E-state index >= 15 is 0 Å². The number of carbonyl (C=O) groups excluding carboxylic acids is 1. The minimum atomic E-state index is -2.63. The Morgan fingerprint density at radius 3 is 2.58 bits per heavy atom. The number of alkyl halides is 4. The molecule has 4 rings (SSSR count). The van der Waals surface area contributed by atoms with Gasteiger partial charge in [0.2, 0.25) is 0 Å². The third-order valence-corrected chi connectivity index (χ3v) is 5.61. The summed E-state index contributed by atoms with van der Waals surface area (Å²) in [5.74, 6) is 0.635. The molecule has 1 aliphatic carbocycles. The average molecular weight is 464 g/mol. The number of nitrogens with zero attached hydrogens (tertiary/aromatic N) is 3. The fourth-order valence-electron chi connectivity index (χ4n) is 3.96. The predicted octanol–water partition coefficient (Wildman–Crippen LogP) is 4.50. The van der Waals surface area contributed by atoms with Crippen LogP contribution in [0.1, 0.15) is 48.2 Å². The van der Waals surface area contributed by atoms with Gasteiger partial charge in [0.05, 0.1) is 6.54 Å². The van der Waals surface area contributed by atoms with Crippen molar-refractivity contribution in [3.8, 4) is 0 Å². The third kappa shape index (κ3) is 5.71. The second-order valence-electron chi connectivity index (χ2n) is 7.97. The van der Waals surface area contributed by atoms with Crippen LogP contribution in [0.25, 0.3) is 5.65 Å². The SMILES string of the molecule is O=C(NC1CCC(Nc2cccc3nc(C(F)F)cn23)CC1)c1ccnc(NCC(F)F)c1. The third-order valence-electron chi connectivity index (χ3n) is 5.61. The number of pyridine rings is 2. The number of anilines is 2. The molecule has 0 aromatic carbocycles. The maximum Gasteiger partial charge on any atom is 0.281 e. The van der Waals surface area contributed by atoms with Gasteiger partial charge in [0.25, 0.3) is 18.8 Å².